The Labute approximate surface area is 160 Å². The first-order valence-electron chi connectivity index (χ1n) is 8.57. The van der Waals surface area contributed by atoms with Crippen LogP contribution in [0.1, 0.15) is 31.1 Å². The van der Waals surface area contributed by atoms with Crippen molar-refractivity contribution in [2.45, 2.75) is 31.3 Å². The number of hydrogen-bond donors (Lipinski definition) is 0. The Morgan fingerprint density at radius 2 is 1.67 bits per heavy atom. The lowest BCUT2D eigenvalue weighted by atomic mass is 10.1. The number of ether oxygens (including phenoxy) is 2. The summed E-state index contributed by atoms with van der Waals surface area (Å²) in [4.78, 5) is 27.5. The molecule has 2 rings (SSSR count). The van der Waals surface area contributed by atoms with Crippen LogP contribution in [0.25, 0.3) is 0 Å². The number of rotatable bonds is 3. The molecule has 1 aliphatic rings. The van der Waals surface area contributed by atoms with E-state index in [9.17, 15) is 18.0 Å². The average Bonchev–Trinajstić information content (AvgIpc) is 2.58. The Kier molecular flexibility index (Phi) is 6.04. The molecular weight excluding hydrogens is 372 g/mol. The summed E-state index contributed by atoms with van der Waals surface area (Å²) < 4.78 is 34.2. The van der Waals surface area contributed by atoms with E-state index in [1.807, 2.05) is 25.7 Å². The van der Waals surface area contributed by atoms with Gasteiger partial charge in [-0.05, 0) is 39.0 Å². The molecule has 1 aliphatic heterocycles. The maximum absolute atomic E-state index is 12.1. The summed E-state index contributed by atoms with van der Waals surface area (Å²) in [5.41, 5.74) is 0.130. The van der Waals surface area contributed by atoms with Gasteiger partial charge >= 0.3 is 12.1 Å². The number of amides is 1. The van der Waals surface area contributed by atoms with E-state index in [2.05, 4.69) is 4.74 Å². The van der Waals surface area contributed by atoms with Gasteiger partial charge in [0, 0.05) is 38.1 Å². The van der Waals surface area contributed by atoms with Gasteiger partial charge in [0.25, 0.3) is 0 Å². The molecule has 1 fully saturated rings. The second kappa shape index (κ2) is 7.75. The fourth-order valence-corrected chi connectivity index (χ4v) is 3.65. The summed E-state index contributed by atoms with van der Waals surface area (Å²) in [6.45, 7) is 7.42. The molecule has 0 unspecified atom stereocenters. The van der Waals surface area contributed by atoms with E-state index in [0.29, 0.717) is 31.9 Å². The van der Waals surface area contributed by atoms with Gasteiger partial charge in [-0.2, -0.15) is 0 Å². The van der Waals surface area contributed by atoms with Crippen LogP contribution in [0.5, 0.6) is 0 Å². The molecule has 0 spiro atoms. The number of sulfone groups is 1. The zero-order valence-electron chi connectivity index (χ0n) is 16.3. The van der Waals surface area contributed by atoms with E-state index in [1.165, 1.54) is 19.2 Å². The minimum atomic E-state index is -3.61. The molecule has 0 aromatic heterocycles. The van der Waals surface area contributed by atoms with E-state index in [4.69, 9.17) is 4.74 Å². The number of benzene rings is 1. The molecule has 0 aliphatic carbocycles. The van der Waals surface area contributed by atoms with Crippen molar-refractivity contribution in [3.63, 3.8) is 0 Å². The number of methoxy groups -OCH3 is 1. The molecule has 0 saturated carbocycles. The molecule has 0 bridgehead atoms. The number of carbonyl (C=O) groups excluding carboxylic acids is 2. The van der Waals surface area contributed by atoms with Crippen LogP contribution in [0.4, 0.5) is 10.5 Å². The maximum Gasteiger partial charge on any atom is 0.410 e. The average molecular weight is 398 g/mol. The Hall–Kier alpha value is -2.29. The van der Waals surface area contributed by atoms with Crippen molar-refractivity contribution in [2.24, 2.45) is 0 Å². The Balaban J connectivity index is 2.17. The van der Waals surface area contributed by atoms with E-state index >= 15 is 0 Å². The molecule has 1 amide bonds. The number of esters is 1. The normalized spacial score (nSPS) is 15.4. The molecule has 0 N–H and O–H groups in total. The van der Waals surface area contributed by atoms with Gasteiger partial charge in [0.2, 0.25) is 0 Å². The van der Waals surface area contributed by atoms with Crippen LogP contribution >= 0.6 is 0 Å². The van der Waals surface area contributed by atoms with E-state index < -0.39 is 21.4 Å². The van der Waals surface area contributed by atoms with Gasteiger partial charge in [0.05, 0.1) is 17.6 Å². The van der Waals surface area contributed by atoms with Crippen molar-refractivity contribution < 1.29 is 27.5 Å². The molecule has 27 heavy (non-hydrogen) atoms. The minimum Gasteiger partial charge on any atom is -0.465 e. The summed E-state index contributed by atoms with van der Waals surface area (Å²) in [5, 5.41) is 0. The second-order valence-corrected chi connectivity index (χ2v) is 9.38. The smallest absolute Gasteiger partial charge is 0.410 e. The largest absolute Gasteiger partial charge is 0.465 e. The lowest BCUT2D eigenvalue weighted by Gasteiger charge is -2.37. The van der Waals surface area contributed by atoms with Gasteiger partial charge in [-0.25, -0.2) is 18.0 Å². The fourth-order valence-electron chi connectivity index (χ4n) is 2.77. The predicted molar refractivity (Wildman–Crippen MR) is 101 cm³/mol. The first kappa shape index (κ1) is 21.0. The predicted octanol–water partition coefficient (Wildman–Crippen LogP) is 1.93. The summed E-state index contributed by atoms with van der Waals surface area (Å²) in [5.74, 6) is -0.697. The SMILES string of the molecule is COC(=O)c1ccc(N2CCN(C(=O)OC(C)(C)C)CC2)cc1S(C)(=O)=O. The van der Waals surface area contributed by atoms with Crippen molar-refractivity contribution in [2.75, 3.05) is 44.4 Å². The first-order valence-corrected chi connectivity index (χ1v) is 10.5. The highest BCUT2D eigenvalue weighted by Gasteiger charge is 2.27. The molecule has 8 nitrogen and oxygen atoms in total. The second-order valence-electron chi connectivity index (χ2n) is 7.40. The lowest BCUT2D eigenvalue weighted by Crippen LogP contribution is -2.50. The zero-order valence-corrected chi connectivity index (χ0v) is 17.1. The van der Waals surface area contributed by atoms with Crippen LogP contribution in [-0.2, 0) is 19.3 Å². The number of hydrogen-bond acceptors (Lipinski definition) is 7. The van der Waals surface area contributed by atoms with Gasteiger partial charge < -0.3 is 19.3 Å². The highest BCUT2D eigenvalue weighted by molar-refractivity contribution is 7.90. The summed E-state index contributed by atoms with van der Waals surface area (Å²) in [6.07, 6.45) is 0.693. The van der Waals surface area contributed by atoms with Crippen molar-refractivity contribution in [1.29, 1.82) is 0 Å². The van der Waals surface area contributed by atoms with Crippen LogP contribution in [0.15, 0.2) is 23.1 Å². The summed E-state index contributed by atoms with van der Waals surface area (Å²) >= 11 is 0. The monoisotopic (exact) mass is 398 g/mol. The maximum atomic E-state index is 12.1. The molecule has 0 radical (unpaired) electrons. The quantitative estimate of drug-likeness (QED) is 0.718. The van der Waals surface area contributed by atoms with E-state index in [1.54, 1.807) is 11.0 Å². The third kappa shape index (κ3) is 5.35. The Morgan fingerprint density at radius 3 is 2.15 bits per heavy atom. The number of anilines is 1. The number of piperazine rings is 1. The molecular formula is C18H26N2O6S. The highest BCUT2D eigenvalue weighted by Crippen LogP contribution is 2.25. The van der Waals surface area contributed by atoms with E-state index in [-0.39, 0.29) is 16.6 Å². The topological polar surface area (TPSA) is 93.2 Å². The summed E-state index contributed by atoms with van der Waals surface area (Å²) in [7, 11) is -2.40. The molecule has 150 valence electrons. The first-order chi connectivity index (χ1) is 12.4. The molecule has 1 saturated heterocycles. The third-order valence-electron chi connectivity index (χ3n) is 4.07. The van der Waals surface area contributed by atoms with Crippen molar-refractivity contribution in [3.05, 3.63) is 23.8 Å². The van der Waals surface area contributed by atoms with Gasteiger partial charge in [0.15, 0.2) is 9.84 Å². The van der Waals surface area contributed by atoms with Gasteiger partial charge in [0.1, 0.15) is 5.60 Å². The number of nitrogens with zero attached hydrogens (tertiary/aromatic N) is 2. The molecule has 1 aromatic rings. The molecule has 1 heterocycles. The van der Waals surface area contributed by atoms with Crippen molar-refractivity contribution >= 4 is 27.6 Å². The van der Waals surface area contributed by atoms with E-state index in [0.717, 1.165) is 6.26 Å². The third-order valence-corrected chi connectivity index (χ3v) is 5.20. The number of carbonyl (C=O) groups is 2. The molecule has 9 heteroatoms. The summed E-state index contributed by atoms with van der Waals surface area (Å²) in [6, 6.07) is 4.62. The van der Waals surface area contributed by atoms with Crippen molar-refractivity contribution in [1.82, 2.24) is 4.90 Å². The van der Waals surface area contributed by atoms with Gasteiger partial charge in [-0.3, -0.25) is 0 Å². The van der Waals surface area contributed by atoms with Crippen LogP contribution in [0.2, 0.25) is 0 Å². The van der Waals surface area contributed by atoms with Crippen LogP contribution in [0, 0.1) is 0 Å². The highest BCUT2D eigenvalue weighted by atomic mass is 32.2. The zero-order chi connectivity index (χ0) is 20.4. The minimum absolute atomic E-state index is 0.0103. The fraction of sp³-hybridized carbons (Fsp3) is 0.556. The van der Waals surface area contributed by atoms with Gasteiger partial charge in [-0.15, -0.1) is 0 Å². The lowest BCUT2D eigenvalue weighted by molar-refractivity contribution is 0.0240. The Morgan fingerprint density at radius 1 is 1.07 bits per heavy atom. The molecule has 0 atom stereocenters. The standard InChI is InChI=1S/C18H26N2O6S/c1-18(2,3)26-17(22)20-10-8-19(9-11-20)13-6-7-14(16(21)25-4)15(12-13)27(5,23)24/h6-7,12H,8-11H2,1-5H3. The van der Waals surface area contributed by atoms with Crippen LogP contribution in [0.3, 0.4) is 0 Å². The van der Waals surface area contributed by atoms with Crippen molar-refractivity contribution in [3.8, 4) is 0 Å². The van der Waals surface area contributed by atoms with Gasteiger partial charge in [-0.1, -0.05) is 0 Å². The van der Waals surface area contributed by atoms with Crippen LogP contribution < -0.4 is 4.90 Å². The van der Waals surface area contributed by atoms with Crippen LogP contribution in [-0.4, -0.2) is 70.5 Å². The Bertz CT molecular complexity index is 821. The molecule has 1 aromatic carbocycles.